The third kappa shape index (κ3) is 2.02. The molecule has 80 valence electrons. The minimum Gasteiger partial charge on any atom is -0.464 e. The van der Waals surface area contributed by atoms with Crippen LogP contribution in [0.15, 0.2) is 30.3 Å². The van der Waals surface area contributed by atoms with Gasteiger partial charge in [-0.1, -0.05) is 30.3 Å². The van der Waals surface area contributed by atoms with E-state index in [-0.39, 0.29) is 11.9 Å². The van der Waals surface area contributed by atoms with E-state index >= 15 is 0 Å². The highest BCUT2D eigenvalue weighted by atomic mass is 16.6. The second kappa shape index (κ2) is 4.45. The van der Waals surface area contributed by atoms with Crippen molar-refractivity contribution in [3.05, 3.63) is 35.9 Å². The Labute approximate surface area is 89.0 Å². The van der Waals surface area contributed by atoms with Crippen molar-refractivity contribution in [2.45, 2.75) is 18.9 Å². The Kier molecular flexibility index (Phi) is 3.02. The summed E-state index contributed by atoms with van der Waals surface area (Å²) in [6, 6.07) is 9.92. The quantitative estimate of drug-likeness (QED) is 0.706. The Morgan fingerprint density at radius 2 is 2.20 bits per heavy atom. The first kappa shape index (κ1) is 10.2. The summed E-state index contributed by atoms with van der Waals surface area (Å²) in [4.78, 5) is 11.5. The number of hydrogen-bond acceptors (Lipinski definition) is 3. The fraction of sp³-hybridized carbons (Fsp3) is 0.417. The minimum atomic E-state index is -0.410. The zero-order chi connectivity index (χ0) is 10.7. The Morgan fingerprint density at radius 1 is 1.47 bits per heavy atom. The standard InChI is InChI=1S/C12H14O3/c1-2-14-12(13)11-10(8-15-11)9-6-4-3-5-7-9/h3-7,10-11H,2,8H2,1H3. The average molecular weight is 206 g/mol. The molecule has 0 aromatic heterocycles. The first-order chi connectivity index (χ1) is 7.33. The van der Waals surface area contributed by atoms with Crippen LogP contribution in [0.4, 0.5) is 0 Å². The van der Waals surface area contributed by atoms with Crippen molar-refractivity contribution in [1.82, 2.24) is 0 Å². The molecule has 15 heavy (non-hydrogen) atoms. The van der Waals surface area contributed by atoms with Gasteiger partial charge >= 0.3 is 5.97 Å². The van der Waals surface area contributed by atoms with Gasteiger partial charge in [-0.25, -0.2) is 4.79 Å². The second-order valence-electron chi connectivity index (χ2n) is 3.52. The number of esters is 1. The molecule has 2 atom stereocenters. The van der Waals surface area contributed by atoms with Gasteiger partial charge in [0.25, 0.3) is 0 Å². The molecule has 1 aliphatic rings. The predicted molar refractivity (Wildman–Crippen MR) is 55.6 cm³/mol. The molecule has 0 N–H and O–H groups in total. The smallest absolute Gasteiger partial charge is 0.335 e. The molecule has 0 aliphatic carbocycles. The molecule has 1 aliphatic heterocycles. The highest BCUT2D eigenvalue weighted by Crippen LogP contribution is 2.31. The number of hydrogen-bond donors (Lipinski definition) is 0. The summed E-state index contributed by atoms with van der Waals surface area (Å²) in [6.07, 6.45) is -0.410. The first-order valence-electron chi connectivity index (χ1n) is 5.16. The number of carbonyl (C=O) groups excluding carboxylic acids is 1. The van der Waals surface area contributed by atoms with Gasteiger partial charge in [0.15, 0.2) is 6.10 Å². The zero-order valence-electron chi connectivity index (χ0n) is 8.68. The second-order valence-corrected chi connectivity index (χ2v) is 3.52. The van der Waals surface area contributed by atoms with Crippen molar-refractivity contribution in [3.63, 3.8) is 0 Å². The number of ether oxygens (including phenoxy) is 2. The number of rotatable bonds is 3. The Hall–Kier alpha value is -1.35. The Balaban J connectivity index is 2.03. The maximum atomic E-state index is 11.5. The maximum absolute atomic E-state index is 11.5. The summed E-state index contributed by atoms with van der Waals surface area (Å²) < 4.78 is 10.2. The van der Waals surface area contributed by atoms with E-state index < -0.39 is 6.10 Å². The third-order valence-corrected chi connectivity index (χ3v) is 2.57. The average Bonchev–Trinajstić information content (AvgIpc) is 2.18. The highest BCUT2D eigenvalue weighted by Gasteiger charge is 2.39. The van der Waals surface area contributed by atoms with Crippen LogP contribution in [0.2, 0.25) is 0 Å². The van der Waals surface area contributed by atoms with Gasteiger partial charge in [-0.2, -0.15) is 0 Å². The van der Waals surface area contributed by atoms with Gasteiger partial charge in [-0.15, -0.1) is 0 Å². The summed E-state index contributed by atoms with van der Waals surface area (Å²) in [5, 5.41) is 0. The predicted octanol–water partition coefficient (Wildman–Crippen LogP) is 1.73. The van der Waals surface area contributed by atoms with Gasteiger partial charge < -0.3 is 9.47 Å². The van der Waals surface area contributed by atoms with Crippen molar-refractivity contribution >= 4 is 5.97 Å². The summed E-state index contributed by atoms with van der Waals surface area (Å²) in [6.45, 7) is 2.81. The summed E-state index contributed by atoms with van der Waals surface area (Å²) >= 11 is 0. The highest BCUT2D eigenvalue weighted by molar-refractivity contribution is 5.77. The normalized spacial score (nSPS) is 24.3. The molecule has 3 nitrogen and oxygen atoms in total. The van der Waals surface area contributed by atoms with Crippen LogP contribution in [-0.2, 0) is 14.3 Å². The monoisotopic (exact) mass is 206 g/mol. The molecule has 0 saturated carbocycles. The lowest BCUT2D eigenvalue weighted by Crippen LogP contribution is -2.44. The van der Waals surface area contributed by atoms with Crippen LogP contribution in [-0.4, -0.2) is 25.3 Å². The fourth-order valence-corrected chi connectivity index (χ4v) is 1.72. The van der Waals surface area contributed by atoms with Crippen molar-refractivity contribution in [2.75, 3.05) is 13.2 Å². The van der Waals surface area contributed by atoms with Gasteiger partial charge in [-0.3, -0.25) is 0 Å². The molecule has 3 heteroatoms. The molecule has 0 radical (unpaired) electrons. The van der Waals surface area contributed by atoms with Crippen molar-refractivity contribution in [2.24, 2.45) is 0 Å². The molecule has 1 heterocycles. The van der Waals surface area contributed by atoms with E-state index in [2.05, 4.69) is 0 Å². The van der Waals surface area contributed by atoms with Crippen LogP contribution in [0.5, 0.6) is 0 Å². The van der Waals surface area contributed by atoms with Crippen LogP contribution < -0.4 is 0 Å². The van der Waals surface area contributed by atoms with Crippen LogP contribution in [0, 0.1) is 0 Å². The van der Waals surface area contributed by atoms with Crippen LogP contribution >= 0.6 is 0 Å². The Bertz CT molecular complexity index is 334. The van der Waals surface area contributed by atoms with E-state index in [1.54, 1.807) is 6.92 Å². The van der Waals surface area contributed by atoms with Crippen molar-refractivity contribution in [3.8, 4) is 0 Å². The van der Waals surface area contributed by atoms with E-state index in [1.807, 2.05) is 30.3 Å². The van der Waals surface area contributed by atoms with Gasteiger partial charge in [0.05, 0.1) is 13.2 Å². The van der Waals surface area contributed by atoms with E-state index in [9.17, 15) is 4.79 Å². The van der Waals surface area contributed by atoms with Crippen LogP contribution in [0.3, 0.4) is 0 Å². The molecule has 1 saturated heterocycles. The van der Waals surface area contributed by atoms with Crippen molar-refractivity contribution in [1.29, 1.82) is 0 Å². The van der Waals surface area contributed by atoms with E-state index in [4.69, 9.17) is 9.47 Å². The largest absolute Gasteiger partial charge is 0.464 e. The van der Waals surface area contributed by atoms with E-state index in [0.717, 1.165) is 5.56 Å². The molecule has 0 bridgehead atoms. The SMILES string of the molecule is CCOC(=O)C1OCC1c1ccccc1. The van der Waals surface area contributed by atoms with Crippen LogP contribution in [0.25, 0.3) is 0 Å². The van der Waals surface area contributed by atoms with Crippen LogP contribution in [0.1, 0.15) is 18.4 Å². The van der Waals surface area contributed by atoms with Gasteiger partial charge in [0.1, 0.15) is 0 Å². The third-order valence-electron chi connectivity index (χ3n) is 2.57. The molecule has 1 aromatic rings. The topological polar surface area (TPSA) is 35.5 Å². The summed E-state index contributed by atoms with van der Waals surface area (Å²) in [5.74, 6) is -0.0946. The van der Waals surface area contributed by atoms with Gasteiger partial charge in [0, 0.05) is 5.92 Å². The lowest BCUT2D eigenvalue weighted by molar-refractivity contribution is -0.174. The van der Waals surface area contributed by atoms with Gasteiger partial charge in [-0.05, 0) is 12.5 Å². The van der Waals surface area contributed by atoms with E-state index in [1.165, 1.54) is 0 Å². The number of carbonyl (C=O) groups is 1. The first-order valence-corrected chi connectivity index (χ1v) is 5.16. The van der Waals surface area contributed by atoms with Crippen molar-refractivity contribution < 1.29 is 14.3 Å². The molecule has 1 fully saturated rings. The molecule has 0 amide bonds. The zero-order valence-corrected chi connectivity index (χ0v) is 8.68. The maximum Gasteiger partial charge on any atom is 0.335 e. The van der Waals surface area contributed by atoms with Gasteiger partial charge in [0.2, 0.25) is 0 Å². The fourth-order valence-electron chi connectivity index (χ4n) is 1.72. The lowest BCUT2D eigenvalue weighted by Gasteiger charge is -2.35. The minimum absolute atomic E-state index is 0.158. The molecule has 1 aromatic carbocycles. The molecular weight excluding hydrogens is 192 g/mol. The molecule has 0 spiro atoms. The lowest BCUT2D eigenvalue weighted by atomic mass is 9.90. The van der Waals surface area contributed by atoms with E-state index in [0.29, 0.717) is 13.2 Å². The molecule has 2 unspecified atom stereocenters. The summed E-state index contributed by atoms with van der Waals surface area (Å²) in [7, 11) is 0. The number of benzene rings is 1. The Morgan fingerprint density at radius 3 is 2.73 bits per heavy atom. The molecular formula is C12H14O3. The molecule has 2 rings (SSSR count). The summed E-state index contributed by atoms with van der Waals surface area (Å²) in [5.41, 5.74) is 1.14.